The van der Waals surface area contributed by atoms with Crippen LogP contribution in [0.1, 0.15) is 39.3 Å². The highest BCUT2D eigenvalue weighted by Crippen LogP contribution is 2.27. The lowest BCUT2D eigenvalue weighted by Crippen LogP contribution is -2.43. The lowest BCUT2D eigenvalue weighted by molar-refractivity contribution is -0.119. The van der Waals surface area contributed by atoms with Crippen LogP contribution in [0.25, 0.3) is 0 Å². The molecule has 2 N–H and O–H groups in total. The van der Waals surface area contributed by atoms with E-state index in [0.717, 1.165) is 11.8 Å². The average molecular weight is 372 g/mol. The molecule has 8 nitrogen and oxygen atoms in total. The fourth-order valence-corrected chi connectivity index (χ4v) is 3.12. The predicted octanol–water partition coefficient (Wildman–Crippen LogP) is 2.54. The van der Waals surface area contributed by atoms with Crippen molar-refractivity contribution in [1.82, 2.24) is 4.90 Å². The van der Waals surface area contributed by atoms with E-state index in [0.29, 0.717) is 30.8 Å². The van der Waals surface area contributed by atoms with E-state index in [-0.39, 0.29) is 17.2 Å². The largest absolute Gasteiger partial charge is 0.495 e. The summed E-state index contributed by atoms with van der Waals surface area (Å²) in [4.78, 5) is 37.8. The van der Waals surface area contributed by atoms with Gasteiger partial charge in [-0.1, -0.05) is 6.07 Å². The van der Waals surface area contributed by atoms with Gasteiger partial charge in [0.2, 0.25) is 5.91 Å². The van der Waals surface area contributed by atoms with Gasteiger partial charge >= 0.3 is 5.97 Å². The number of nitrogens with zero attached hydrogens (tertiary/aromatic N) is 1. The molecule has 0 saturated carbocycles. The molecule has 1 atom stereocenters. The molecular formula is C19H20N2O6. The number of likely N-dealkylation sites (tertiary alicyclic amines) is 1. The standard InChI is InChI=1S/C19H20N2O6/c1-11-5-6-15(26-2)13(8-11)20-17(22)14-4-3-7-21(14)18(23)16-9-12(10-27-16)19(24)25/h5-6,8-10,14H,3-4,7H2,1-2H3,(H,20,22)(H,24,25). The average Bonchev–Trinajstić information content (AvgIpc) is 3.31. The summed E-state index contributed by atoms with van der Waals surface area (Å²) in [5, 5.41) is 11.8. The minimum Gasteiger partial charge on any atom is -0.495 e. The van der Waals surface area contributed by atoms with E-state index >= 15 is 0 Å². The number of methoxy groups -OCH3 is 1. The number of carbonyl (C=O) groups is 3. The molecule has 0 spiro atoms. The van der Waals surface area contributed by atoms with Crippen molar-refractivity contribution in [3.63, 3.8) is 0 Å². The summed E-state index contributed by atoms with van der Waals surface area (Å²) < 4.78 is 10.3. The second-order valence-electron chi connectivity index (χ2n) is 6.35. The number of hydrogen-bond acceptors (Lipinski definition) is 5. The predicted molar refractivity (Wildman–Crippen MR) is 96.1 cm³/mol. The van der Waals surface area contributed by atoms with Gasteiger partial charge in [-0.25, -0.2) is 4.79 Å². The summed E-state index contributed by atoms with van der Waals surface area (Å²) in [5.41, 5.74) is 1.39. The monoisotopic (exact) mass is 372 g/mol. The first-order valence-electron chi connectivity index (χ1n) is 8.49. The van der Waals surface area contributed by atoms with Gasteiger partial charge in [-0.05, 0) is 37.5 Å². The molecule has 142 valence electrons. The molecule has 3 rings (SSSR count). The molecule has 0 bridgehead atoms. The van der Waals surface area contributed by atoms with E-state index in [4.69, 9.17) is 14.3 Å². The van der Waals surface area contributed by atoms with Crippen LogP contribution in [0.3, 0.4) is 0 Å². The van der Waals surface area contributed by atoms with Crippen LogP contribution in [-0.4, -0.2) is 47.5 Å². The summed E-state index contributed by atoms with van der Waals surface area (Å²) in [5.74, 6) is -1.58. The van der Waals surface area contributed by atoms with E-state index < -0.39 is 17.9 Å². The minimum atomic E-state index is -1.18. The number of aryl methyl sites for hydroxylation is 1. The molecule has 1 unspecified atom stereocenters. The number of amides is 2. The SMILES string of the molecule is COc1ccc(C)cc1NC(=O)C1CCCN1C(=O)c1cc(C(=O)O)co1. The lowest BCUT2D eigenvalue weighted by Gasteiger charge is -2.23. The van der Waals surface area contributed by atoms with Crippen LogP contribution in [-0.2, 0) is 4.79 Å². The molecule has 1 aromatic carbocycles. The zero-order valence-electron chi connectivity index (χ0n) is 15.0. The number of nitrogens with one attached hydrogen (secondary N) is 1. The topological polar surface area (TPSA) is 109 Å². The molecule has 1 saturated heterocycles. The summed E-state index contributed by atoms with van der Waals surface area (Å²) in [6, 6.07) is 5.93. The Morgan fingerprint density at radius 2 is 2.07 bits per heavy atom. The molecule has 1 aliphatic rings. The van der Waals surface area contributed by atoms with E-state index in [9.17, 15) is 14.4 Å². The summed E-state index contributed by atoms with van der Waals surface area (Å²) >= 11 is 0. The molecule has 2 aromatic rings. The normalized spacial score (nSPS) is 16.2. The number of rotatable bonds is 5. The van der Waals surface area contributed by atoms with Crippen molar-refractivity contribution in [1.29, 1.82) is 0 Å². The number of anilines is 1. The van der Waals surface area contributed by atoms with Crippen LogP contribution in [0.2, 0.25) is 0 Å². The maximum Gasteiger partial charge on any atom is 0.338 e. The Hall–Kier alpha value is -3.29. The van der Waals surface area contributed by atoms with Crippen molar-refractivity contribution < 1.29 is 28.6 Å². The highest BCUT2D eigenvalue weighted by molar-refractivity contribution is 6.02. The lowest BCUT2D eigenvalue weighted by atomic mass is 10.1. The summed E-state index contributed by atoms with van der Waals surface area (Å²) in [7, 11) is 1.52. The third kappa shape index (κ3) is 3.79. The second-order valence-corrected chi connectivity index (χ2v) is 6.35. The van der Waals surface area contributed by atoms with Gasteiger partial charge in [0, 0.05) is 12.6 Å². The fourth-order valence-electron chi connectivity index (χ4n) is 3.12. The van der Waals surface area contributed by atoms with Crippen molar-refractivity contribution in [3.05, 3.63) is 47.4 Å². The Morgan fingerprint density at radius 1 is 1.30 bits per heavy atom. The smallest absolute Gasteiger partial charge is 0.338 e. The number of furan rings is 1. The van der Waals surface area contributed by atoms with Gasteiger partial charge in [-0.2, -0.15) is 0 Å². The quantitative estimate of drug-likeness (QED) is 0.835. The fraction of sp³-hybridized carbons (Fsp3) is 0.316. The van der Waals surface area contributed by atoms with Crippen molar-refractivity contribution in [2.75, 3.05) is 19.0 Å². The maximum absolute atomic E-state index is 12.8. The highest BCUT2D eigenvalue weighted by atomic mass is 16.5. The van der Waals surface area contributed by atoms with Crippen molar-refractivity contribution in [3.8, 4) is 5.75 Å². The number of aromatic carboxylic acids is 1. The first-order valence-corrected chi connectivity index (χ1v) is 8.49. The van der Waals surface area contributed by atoms with Crippen LogP contribution in [0.4, 0.5) is 5.69 Å². The molecule has 1 aliphatic heterocycles. The number of hydrogen-bond donors (Lipinski definition) is 2. The molecule has 27 heavy (non-hydrogen) atoms. The molecule has 0 aliphatic carbocycles. The van der Waals surface area contributed by atoms with Gasteiger partial charge in [0.05, 0.1) is 18.4 Å². The number of ether oxygens (including phenoxy) is 1. The first-order chi connectivity index (χ1) is 12.9. The van der Waals surface area contributed by atoms with Crippen LogP contribution >= 0.6 is 0 Å². The van der Waals surface area contributed by atoms with E-state index in [2.05, 4.69) is 5.32 Å². The zero-order valence-corrected chi connectivity index (χ0v) is 15.0. The molecule has 2 amide bonds. The summed E-state index contributed by atoms with van der Waals surface area (Å²) in [6.45, 7) is 2.29. The van der Waals surface area contributed by atoms with Crippen molar-refractivity contribution >= 4 is 23.5 Å². The van der Waals surface area contributed by atoms with Gasteiger partial charge in [0.25, 0.3) is 5.91 Å². The molecule has 2 heterocycles. The van der Waals surface area contributed by atoms with Crippen molar-refractivity contribution in [2.24, 2.45) is 0 Å². The molecular weight excluding hydrogens is 352 g/mol. The Morgan fingerprint density at radius 3 is 2.74 bits per heavy atom. The zero-order chi connectivity index (χ0) is 19.6. The highest BCUT2D eigenvalue weighted by Gasteiger charge is 2.36. The Labute approximate surface area is 155 Å². The van der Waals surface area contributed by atoms with Gasteiger partial charge in [-0.3, -0.25) is 9.59 Å². The van der Waals surface area contributed by atoms with Gasteiger partial charge in [0.1, 0.15) is 18.1 Å². The first kappa shape index (κ1) is 18.5. The Kier molecular flexibility index (Phi) is 5.16. The Bertz CT molecular complexity index is 888. The van der Waals surface area contributed by atoms with Crippen LogP contribution < -0.4 is 10.1 Å². The number of carboxylic acid groups (broad SMARTS) is 1. The molecule has 8 heteroatoms. The van der Waals surface area contributed by atoms with Gasteiger partial charge in [0.15, 0.2) is 5.76 Å². The third-order valence-corrected chi connectivity index (χ3v) is 4.49. The van der Waals surface area contributed by atoms with Crippen LogP contribution in [0.5, 0.6) is 5.75 Å². The van der Waals surface area contributed by atoms with E-state index in [1.807, 2.05) is 13.0 Å². The number of carboxylic acids is 1. The summed E-state index contributed by atoms with van der Waals surface area (Å²) in [6.07, 6.45) is 2.19. The molecule has 1 aromatic heterocycles. The van der Waals surface area contributed by atoms with E-state index in [1.165, 1.54) is 18.1 Å². The third-order valence-electron chi connectivity index (χ3n) is 4.49. The van der Waals surface area contributed by atoms with Gasteiger partial charge < -0.3 is 24.5 Å². The molecule has 0 radical (unpaired) electrons. The van der Waals surface area contributed by atoms with E-state index in [1.54, 1.807) is 12.1 Å². The number of carbonyl (C=O) groups excluding carboxylic acids is 2. The van der Waals surface area contributed by atoms with Gasteiger partial charge in [-0.15, -0.1) is 0 Å². The minimum absolute atomic E-state index is 0.0970. The number of benzene rings is 1. The van der Waals surface area contributed by atoms with Crippen molar-refractivity contribution in [2.45, 2.75) is 25.8 Å². The molecule has 1 fully saturated rings. The Balaban J connectivity index is 1.77. The maximum atomic E-state index is 12.8. The van der Waals surface area contributed by atoms with Crippen LogP contribution in [0, 0.1) is 6.92 Å². The second kappa shape index (κ2) is 7.53. The van der Waals surface area contributed by atoms with Crippen LogP contribution in [0.15, 0.2) is 34.9 Å².